The van der Waals surface area contributed by atoms with E-state index in [4.69, 9.17) is 0 Å². The maximum atomic E-state index is 13.7. The van der Waals surface area contributed by atoms with Crippen molar-refractivity contribution in [1.29, 1.82) is 0 Å². The maximum absolute atomic E-state index is 13.7. The van der Waals surface area contributed by atoms with Gasteiger partial charge in [-0.15, -0.1) is 0 Å². The third kappa shape index (κ3) is 6.61. The van der Waals surface area contributed by atoms with Crippen molar-refractivity contribution in [3.63, 3.8) is 0 Å². The molecule has 0 heterocycles. The second-order valence-electron chi connectivity index (χ2n) is 10.7. The van der Waals surface area contributed by atoms with Crippen LogP contribution in [0, 0.1) is 0 Å². The number of hydrogen-bond acceptors (Lipinski definition) is 2. The number of carbonyl (C=O) groups excluding carboxylic acids is 2. The summed E-state index contributed by atoms with van der Waals surface area (Å²) in [5.41, 5.74) is 3.80. The number of carbonyl (C=O) groups is 2. The van der Waals surface area contributed by atoms with Gasteiger partial charge in [-0.3, -0.25) is 0 Å². The minimum atomic E-state index is -3.48. The Morgan fingerprint density at radius 1 is 0.613 bits per heavy atom. The van der Waals surface area contributed by atoms with Crippen molar-refractivity contribution < 1.29 is 18.6 Å². The van der Waals surface area contributed by atoms with Crippen molar-refractivity contribution in [3.05, 3.63) is 70.8 Å². The summed E-state index contributed by atoms with van der Waals surface area (Å²) in [6, 6.07) is 15.9. The van der Waals surface area contributed by atoms with Crippen molar-refractivity contribution in [3.8, 4) is 0 Å². The summed E-state index contributed by atoms with van der Waals surface area (Å²) in [6.07, 6.45) is 0. The van der Waals surface area contributed by atoms with Gasteiger partial charge >= 0.3 is 192 Å². The first-order valence-corrected chi connectivity index (χ1v) is 16.3. The molecule has 2 rings (SSSR count). The van der Waals surface area contributed by atoms with E-state index < -0.39 is 13.3 Å². The van der Waals surface area contributed by atoms with E-state index in [0.717, 1.165) is 22.1 Å². The van der Waals surface area contributed by atoms with Gasteiger partial charge in [0, 0.05) is 0 Å². The zero-order chi connectivity index (χ0) is 23.4. The molecular weight excluding hydrogens is 445 g/mol. The van der Waals surface area contributed by atoms with Gasteiger partial charge in [-0.2, -0.15) is 0 Å². The molecular formula is C26H40GeN2O2+2. The van der Waals surface area contributed by atoms with Crippen LogP contribution in [-0.4, -0.2) is 73.7 Å². The molecule has 0 fully saturated rings. The number of nitrogens with zero attached hydrogens (tertiary/aromatic N) is 2. The van der Waals surface area contributed by atoms with E-state index in [0.29, 0.717) is 21.6 Å². The first-order chi connectivity index (χ1) is 14.3. The number of hydrogen-bond donors (Lipinski definition) is 0. The van der Waals surface area contributed by atoms with Crippen molar-refractivity contribution >= 4 is 22.5 Å². The molecule has 0 atom stereocenters. The molecule has 4 nitrogen and oxygen atoms in total. The molecule has 0 aliphatic carbocycles. The minimum absolute atomic E-state index is 0.113. The van der Waals surface area contributed by atoms with E-state index in [-0.39, 0.29) is 9.23 Å². The third-order valence-electron chi connectivity index (χ3n) is 5.82. The van der Waals surface area contributed by atoms with Crippen LogP contribution in [0.2, 0.25) is 10.5 Å². The van der Waals surface area contributed by atoms with Gasteiger partial charge in [0.15, 0.2) is 0 Å². The molecule has 0 aliphatic rings. The van der Waals surface area contributed by atoms with Crippen LogP contribution in [0.25, 0.3) is 0 Å². The number of quaternary nitrogens is 2. The number of rotatable bonds is 10. The Balaban J connectivity index is 2.31. The van der Waals surface area contributed by atoms with E-state index >= 15 is 0 Å². The zero-order valence-corrected chi connectivity index (χ0v) is 22.8. The van der Waals surface area contributed by atoms with Crippen LogP contribution < -0.4 is 0 Å². The topological polar surface area (TPSA) is 34.1 Å². The molecule has 0 aromatic heterocycles. The SMILES string of the molecule is C[CH2][Ge]([CH2]C)([C](=O)c1ccc(C[N+](C)(C)C)cc1)[C](=O)c1ccc(C[N+](C)(C)C)cc1. The average molecular weight is 485 g/mol. The predicted molar refractivity (Wildman–Crippen MR) is 132 cm³/mol. The van der Waals surface area contributed by atoms with E-state index in [2.05, 4.69) is 42.3 Å². The summed E-state index contributed by atoms with van der Waals surface area (Å²) in [7, 11) is 12.9. The summed E-state index contributed by atoms with van der Waals surface area (Å²) < 4.78 is 1.90. The molecule has 5 heteroatoms. The van der Waals surface area contributed by atoms with Gasteiger partial charge in [0.05, 0.1) is 0 Å². The van der Waals surface area contributed by atoms with E-state index in [1.165, 1.54) is 11.1 Å². The molecule has 0 saturated carbocycles. The summed E-state index contributed by atoms with van der Waals surface area (Å²) in [5.74, 6) is 0. The summed E-state index contributed by atoms with van der Waals surface area (Å²) >= 11 is -3.48. The Labute approximate surface area is 191 Å². The molecule has 0 aliphatic heterocycles. The molecule has 0 unspecified atom stereocenters. The van der Waals surface area contributed by atoms with Gasteiger partial charge in [0.25, 0.3) is 0 Å². The zero-order valence-electron chi connectivity index (χ0n) is 20.7. The molecule has 0 bridgehead atoms. The summed E-state index contributed by atoms with van der Waals surface area (Å²) in [6.45, 7) is 5.86. The Hall–Kier alpha value is -1.76. The van der Waals surface area contributed by atoms with Crippen molar-refractivity contribution in [2.75, 3.05) is 42.3 Å². The monoisotopic (exact) mass is 486 g/mol. The van der Waals surface area contributed by atoms with Gasteiger partial charge in [-0.1, -0.05) is 0 Å². The van der Waals surface area contributed by atoms with Crippen LogP contribution >= 0.6 is 0 Å². The van der Waals surface area contributed by atoms with Crippen LogP contribution in [0.5, 0.6) is 0 Å². The van der Waals surface area contributed by atoms with Gasteiger partial charge in [0.1, 0.15) is 0 Å². The molecule has 0 saturated heterocycles. The van der Waals surface area contributed by atoms with E-state index in [9.17, 15) is 9.59 Å². The van der Waals surface area contributed by atoms with Crippen LogP contribution in [0.1, 0.15) is 45.7 Å². The van der Waals surface area contributed by atoms with E-state index in [1.807, 2.05) is 62.4 Å². The molecule has 0 radical (unpaired) electrons. The fourth-order valence-electron chi connectivity index (χ4n) is 4.17. The van der Waals surface area contributed by atoms with Gasteiger partial charge in [-0.25, -0.2) is 0 Å². The Morgan fingerprint density at radius 3 is 1.13 bits per heavy atom. The molecule has 0 amide bonds. The van der Waals surface area contributed by atoms with Gasteiger partial charge in [-0.05, 0) is 0 Å². The fraction of sp³-hybridized carbons (Fsp3) is 0.462. The van der Waals surface area contributed by atoms with Crippen LogP contribution in [0.15, 0.2) is 48.5 Å². The van der Waals surface area contributed by atoms with Crippen molar-refractivity contribution in [1.82, 2.24) is 0 Å². The van der Waals surface area contributed by atoms with E-state index in [1.54, 1.807) is 0 Å². The normalized spacial score (nSPS) is 12.6. The first-order valence-electron chi connectivity index (χ1n) is 11.2. The quantitative estimate of drug-likeness (QED) is 0.360. The van der Waals surface area contributed by atoms with Crippen LogP contribution in [0.3, 0.4) is 0 Å². The Bertz CT molecular complexity index is 827. The second-order valence-corrected chi connectivity index (χ2v) is 20.2. The molecule has 0 N–H and O–H groups in total. The molecule has 0 spiro atoms. The van der Waals surface area contributed by atoms with Crippen LogP contribution in [-0.2, 0) is 13.1 Å². The van der Waals surface area contributed by atoms with Crippen molar-refractivity contribution in [2.45, 2.75) is 37.4 Å². The fourth-order valence-corrected chi connectivity index (χ4v) is 11.4. The van der Waals surface area contributed by atoms with Gasteiger partial charge in [0.2, 0.25) is 0 Å². The number of benzene rings is 2. The molecule has 31 heavy (non-hydrogen) atoms. The van der Waals surface area contributed by atoms with Crippen LogP contribution in [0.4, 0.5) is 0 Å². The molecule has 2 aromatic carbocycles. The molecule has 168 valence electrons. The average Bonchev–Trinajstić information content (AvgIpc) is 2.68. The second kappa shape index (κ2) is 9.80. The van der Waals surface area contributed by atoms with Gasteiger partial charge < -0.3 is 0 Å². The summed E-state index contributed by atoms with van der Waals surface area (Å²) in [4.78, 5) is 27.3. The Morgan fingerprint density at radius 2 is 0.903 bits per heavy atom. The first kappa shape index (κ1) is 25.5. The Kier molecular flexibility index (Phi) is 8.06. The summed E-state index contributed by atoms with van der Waals surface area (Å²) in [5, 5.41) is 1.35. The molecule has 2 aromatic rings. The predicted octanol–water partition coefficient (Wildman–Crippen LogP) is 4.73. The standard InChI is InChI=1S/C26H40GeN2O2/c1-9-27(10-2,25(30)23-15-11-21(12-16-23)19-28(3,4)5)26(31)24-17-13-22(14-18-24)20-29(6,7)8/h11-18H,9-10,19-20H2,1-8H3/q+2. The third-order valence-corrected chi connectivity index (χ3v) is 15.7. The van der Waals surface area contributed by atoms with Crippen molar-refractivity contribution in [2.24, 2.45) is 0 Å².